The molecule has 2 rings (SSSR count). The molecule has 0 aliphatic carbocycles. The third kappa shape index (κ3) is 4.89. The van der Waals surface area contributed by atoms with Gasteiger partial charge in [-0.1, -0.05) is 24.3 Å². The van der Waals surface area contributed by atoms with Crippen LogP contribution in [-0.4, -0.2) is 50.6 Å². The van der Waals surface area contributed by atoms with Crippen LogP contribution in [0.3, 0.4) is 0 Å². The van der Waals surface area contributed by atoms with Crippen LogP contribution in [-0.2, 0) is 13.1 Å². The van der Waals surface area contributed by atoms with Gasteiger partial charge in [-0.2, -0.15) is 0 Å². The summed E-state index contributed by atoms with van der Waals surface area (Å²) in [5.41, 5.74) is 2.80. The van der Waals surface area contributed by atoms with Crippen molar-refractivity contribution in [1.82, 2.24) is 15.1 Å². The summed E-state index contributed by atoms with van der Waals surface area (Å²) in [6.07, 6.45) is 2.70. The Labute approximate surface area is 124 Å². The van der Waals surface area contributed by atoms with E-state index in [1.165, 1.54) is 43.6 Å². The Kier molecular flexibility index (Phi) is 6.02. The molecule has 0 radical (unpaired) electrons. The average Bonchev–Trinajstić information content (AvgIpc) is 2.42. The number of nitrogens with one attached hydrogen (secondary N) is 1. The van der Waals surface area contributed by atoms with Crippen molar-refractivity contribution in [3.8, 4) is 0 Å². The zero-order valence-corrected chi connectivity index (χ0v) is 13.2. The second kappa shape index (κ2) is 7.77. The highest BCUT2D eigenvalue weighted by atomic mass is 15.1. The molecule has 0 aromatic heterocycles. The first-order chi connectivity index (χ1) is 9.67. The van der Waals surface area contributed by atoms with Crippen LogP contribution in [0.25, 0.3) is 0 Å². The molecule has 1 N–H and O–H groups in total. The fourth-order valence-corrected chi connectivity index (χ4v) is 3.10. The van der Waals surface area contributed by atoms with Crippen LogP contribution in [0, 0.1) is 5.92 Å². The van der Waals surface area contributed by atoms with Crippen LogP contribution in [0.2, 0.25) is 0 Å². The standard InChI is InChI=1S/C17H29N3/c1-18-12-16-5-4-6-17(11-16)14-20(3)13-15-7-9-19(2)10-8-15/h4-6,11,15,18H,7-10,12-14H2,1-3H3. The highest BCUT2D eigenvalue weighted by Crippen LogP contribution is 2.18. The smallest absolute Gasteiger partial charge is 0.0230 e. The average molecular weight is 275 g/mol. The van der Waals surface area contributed by atoms with E-state index in [1.54, 1.807) is 0 Å². The highest BCUT2D eigenvalue weighted by Gasteiger charge is 2.18. The molecule has 0 amide bonds. The predicted molar refractivity (Wildman–Crippen MR) is 85.8 cm³/mol. The lowest BCUT2D eigenvalue weighted by atomic mass is 9.96. The molecule has 0 spiro atoms. The maximum absolute atomic E-state index is 3.22. The van der Waals surface area contributed by atoms with Crippen LogP contribution in [0.5, 0.6) is 0 Å². The zero-order chi connectivity index (χ0) is 14.4. The van der Waals surface area contributed by atoms with Gasteiger partial charge < -0.3 is 15.1 Å². The minimum atomic E-state index is 0.872. The minimum Gasteiger partial charge on any atom is -0.316 e. The number of hydrogen-bond donors (Lipinski definition) is 1. The molecule has 0 atom stereocenters. The fraction of sp³-hybridized carbons (Fsp3) is 0.647. The summed E-state index contributed by atoms with van der Waals surface area (Å²) in [4.78, 5) is 4.92. The van der Waals surface area contributed by atoms with Gasteiger partial charge in [-0.15, -0.1) is 0 Å². The lowest BCUT2D eigenvalue weighted by Crippen LogP contribution is -2.35. The summed E-state index contributed by atoms with van der Waals surface area (Å²) in [5, 5.41) is 3.22. The first-order valence-electron chi connectivity index (χ1n) is 7.77. The molecule has 0 saturated carbocycles. The summed E-state index contributed by atoms with van der Waals surface area (Å²) < 4.78 is 0. The Balaban J connectivity index is 1.81. The van der Waals surface area contributed by atoms with Crippen molar-refractivity contribution in [2.75, 3.05) is 40.8 Å². The molecular formula is C17H29N3. The van der Waals surface area contributed by atoms with Gasteiger partial charge in [0, 0.05) is 19.6 Å². The SMILES string of the molecule is CNCc1cccc(CN(C)CC2CCN(C)CC2)c1. The van der Waals surface area contributed by atoms with Gasteiger partial charge in [-0.05, 0) is 64.1 Å². The number of nitrogens with zero attached hydrogens (tertiary/aromatic N) is 2. The van der Waals surface area contributed by atoms with E-state index in [9.17, 15) is 0 Å². The summed E-state index contributed by atoms with van der Waals surface area (Å²) in [5.74, 6) is 0.872. The largest absolute Gasteiger partial charge is 0.316 e. The van der Waals surface area contributed by atoms with E-state index in [4.69, 9.17) is 0 Å². The number of hydrogen-bond acceptors (Lipinski definition) is 3. The third-order valence-electron chi connectivity index (χ3n) is 4.23. The summed E-state index contributed by atoms with van der Waals surface area (Å²) in [6.45, 7) is 5.76. The number of piperidine rings is 1. The molecule has 1 saturated heterocycles. The van der Waals surface area contributed by atoms with Gasteiger partial charge in [-0.3, -0.25) is 0 Å². The molecule has 1 aliphatic heterocycles. The number of likely N-dealkylation sites (tertiary alicyclic amines) is 1. The maximum atomic E-state index is 3.22. The van der Waals surface area contributed by atoms with Crippen molar-refractivity contribution in [2.45, 2.75) is 25.9 Å². The molecule has 20 heavy (non-hydrogen) atoms. The monoisotopic (exact) mass is 275 g/mol. The third-order valence-corrected chi connectivity index (χ3v) is 4.23. The number of rotatable bonds is 6. The van der Waals surface area contributed by atoms with Crippen LogP contribution in [0.1, 0.15) is 24.0 Å². The second-order valence-corrected chi connectivity index (χ2v) is 6.29. The Morgan fingerprint density at radius 3 is 2.65 bits per heavy atom. The molecule has 1 fully saturated rings. The Hall–Kier alpha value is -0.900. The molecule has 3 heteroatoms. The lowest BCUT2D eigenvalue weighted by molar-refractivity contribution is 0.173. The van der Waals surface area contributed by atoms with Crippen molar-refractivity contribution < 1.29 is 0 Å². The van der Waals surface area contributed by atoms with E-state index in [1.807, 2.05) is 7.05 Å². The van der Waals surface area contributed by atoms with Crippen molar-refractivity contribution >= 4 is 0 Å². The lowest BCUT2D eigenvalue weighted by Gasteiger charge is -2.31. The first-order valence-corrected chi connectivity index (χ1v) is 7.77. The van der Waals surface area contributed by atoms with Gasteiger partial charge in [0.2, 0.25) is 0 Å². The van der Waals surface area contributed by atoms with Crippen LogP contribution in [0.4, 0.5) is 0 Å². The normalized spacial score (nSPS) is 17.8. The van der Waals surface area contributed by atoms with Crippen molar-refractivity contribution in [3.05, 3.63) is 35.4 Å². The molecule has 3 nitrogen and oxygen atoms in total. The van der Waals surface area contributed by atoms with E-state index in [2.05, 4.69) is 53.5 Å². The molecule has 1 aromatic carbocycles. The molecule has 1 heterocycles. The molecular weight excluding hydrogens is 246 g/mol. The Bertz CT molecular complexity index is 397. The van der Waals surface area contributed by atoms with Crippen LogP contribution in [0.15, 0.2) is 24.3 Å². The highest BCUT2D eigenvalue weighted by molar-refractivity contribution is 5.23. The summed E-state index contributed by atoms with van der Waals surface area (Å²) in [6, 6.07) is 8.92. The molecule has 112 valence electrons. The quantitative estimate of drug-likeness (QED) is 0.858. The van der Waals surface area contributed by atoms with Crippen molar-refractivity contribution in [1.29, 1.82) is 0 Å². The fourth-order valence-electron chi connectivity index (χ4n) is 3.10. The predicted octanol–water partition coefficient (Wildman–Crippen LogP) is 2.18. The summed E-state index contributed by atoms with van der Waals surface area (Å²) in [7, 11) is 6.48. The van der Waals surface area contributed by atoms with Gasteiger partial charge in [0.1, 0.15) is 0 Å². The first kappa shape index (κ1) is 15.5. The van der Waals surface area contributed by atoms with Crippen molar-refractivity contribution in [2.24, 2.45) is 5.92 Å². The van der Waals surface area contributed by atoms with Crippen LogP contribution >= 0.6 is 0 Å². The van der Waals surface area contributed by atoms with Gasteiger partial charge >= 0.3 is 0 Å². The second-order valence-electron chi connectivity index (χ2n) is 6.29. The van der Waals surface area contributed by atoms with Gasteiger partial charge in [-0.25, -0.2) is 0 Å². The van der Waals surface area contributed by atoms with E-state index >= 15 is 0 Å². The summed E-state index contributed by atoms with van der Waals surface area (Å²) >= 11 is 0. The van der Waals surface area contributed by atoms with Gasteiger partial charge in [0.15, 0.2) is 0 Å². The molecule has 1 aliphatic rings. The van der Waals surface area contributed by atoms with Gasteiger partial charge in [0.25, 0.3) is 0 Å². The van der Waals surface area contributed by atoms with E-state index < -0.39 is 0 Å². The van der Waals surface area contributed by atoms with Gasteiger partial charge in [0.05, 0.1) is 0 Å². The Morgan fingerprint density at radius 2 is 1.95 bits per heavy atom. The van der Waals surface area contributed by atoms with Crippen LogP contribution < -0.4 is 5.32 Å². The zero-order valence-electron chi connectivity index (χ0n) is 13.2. The number of benzene rings is 1. The topological polar surface area (TPSA) is 18.5 Å². The Morgan fingerprint density at radius 1 is 1.25 bits per heavy atom. The van der Waals surface area contributed by atoms with E-state index in [0.717, 1.165) is 19.0 Å². The maximum Gasteiger partial charge on any atom is 0.0230 e. The van der Waals surface area contributed by atoms with E-state index in [0.29, 0.717) is 0 Å². The molecule has 0 unspecified atom stereocenters. The minimum absolute atomic E-state index is 0.872. The van der Waals surface area contributed by atoms with E-state index in [-0.39, 0.29) is 0 Å². The molecule has 1 aromatic rings. The van der Waals surface area contributed by atoms with Crippen molar-refractivity contribution in [3.63, 3.8) is 0 Å². The molecule has 0 bridgehead atoms.